The van der Waals surface area contributed by atoms with Crippen LogP contribution >= 0.6 is 0 Å². The maximum atomic E-state index is 12.2. The molecule has 0 saturated heterocycles. The van der Waals surface area contributed by atoms with Gasteiger partial charge in [-0.3, -0.25) is 4.79 Å². The molecule has 1 amide bonds. The number of nitrogens with zero attached hydrogens (tertiary/aromatic N) is 2. The Labute approximate surface area is 118 Å². The minimum absolute atomic E-state index is 0.200. The summed E-state index contributed by atoms with van der Waals surface area (Å²) in [4.78, 5) is 16.3. The molecule has 1 aromatic carbocycles. The first-order valence-electron chi connectivity index (χ1n) is 6.74. The summed E-state index contributed by atoms with van der Waals surface area (Å²) in [6.45, 7) is 5.37. The summed E-state index contributed by atoms with van der Waals surface area (Å²) in [5.74, 6) is 0.148. The van der Waals surface area contributed by atoms with Gasteiger partial charge < -0.3 is 15.6 Å². The number of hydrogen-bond acceptors (Lipinski definition) is 3. The number of amides is 1. The molecule has 0 aliphatic heterocycles. The molecule has 0 spiro atoms. The number of imidazole rings is 1. The molecule has 0 bridgehead atoms. The molecule has 20 heavy (non-hydrogen) atoms. The Bertz CT molecular complexity index is 589. The van der Waals surface area contributed by atoms with E-state index >= 15 is 0 Å². The van der Waals surface area contributed by atoms with Gasteiger partial charge in [-0.25, -0.2) is 4.98 Å². The molecular formula is C15H20N4O. The summed E-state index contributed by atoms with van der Waals surface area (Å²) in [6.07, 6.45) is 3.33. The highest BCUT2D eigenvalue weighted by atomic mass is 16.1. The van der Waals surface area contributed by atoms with Gasteiger partial charge in [-0.05, 0) is 17.5 Å². The summed E-state index contributed by atoms with van der Waals surface area (Å²) >= 11 is 0. The Balaban J connectivity index is 2.15. The van der Waals surface area contributed by atoms with E-state index in [9.17, 15) is 4.79 Å². The number of para-hydroxylation sites is 1. The van der Waals surface area contributed by atoms with Crippen molar-refractivity contribution in [2.24, 2.45) is 5.73 Å². The van der Waals surface area contributed by atoms with E-state index in [1.54, 1.807) is 12.5 Å². The minimum Gasteiger partial charge on any atom is -0.335 e. The van der Waals surface area contributed by atoms with E-state index < -0.39 is 0 Å². The number of rotatable bonds is 5. The predicted molar refractivity (Wildman–Crippen MR) is 79.8 cm³/mol. The van der Waals surface area contributed by atoms with Crippen molar-refractivity contribution in [3.05, 3.63) is 48.0 Å². The largest absolute Gasteiger partial charge is 0.335 e. The minimum atomic E-state index is -0.200. The van der Waals surface area contributed by atoms with Crippen molar-refractivity contribution in [3.8, 4) is 0 Å². The molecule has 1 heterocycles. The van der Waals surface area contributed by atoms with Gasteiger partial charge in [-0.2, -0.15) is 0 Å². The van der Waals surface area contributed by atoms with Gasteiger partial charge >= 0.3 is 0 Å². The molecule has 0 radical (unpaired) electrons. The third kappa shape index (κ3) is 3.24. The molecule has 0 aliphatic rings. The number of nitrogens with two attached hydrogens (primary N) is 1. The molecule has 0 unspecified atom stereocenters. The lowest BCUT2D eigenvalue weighted by Crippen LogP contribution is -2.14. The Morgan fingerprint density at radius 3 is 2.85 bits per heavy atom. The van der Waals surface area contributed by atoms with E-state index in [1.807, 2.05) is 28.8 Å². The van der Waals surface area contributed by atoms with Crippen molar-refractivity contribution in [2.75, 3.05) is 11.9 Å². The quantitative estimate of drug-likeness (QED) is 0.876. The first kappa shape index (κ1) is 14.3. The van der Waals surface area contributed by atoms with Gasteiger partial charge in [0, 0.05) is 25.0 Å². The highest BCUT2D eigenvalue weighted by molar-refractivity contribution is 6.03. The average molecular weight is 272 g/mol. The second-order valence-corrected chi connectivity index (χ2v) is 4.98. The fourth-order valence-corrected chi connectivity index (χ4v) is 2.05. The Morgan fingerprint density at radius 2 is 2.15 bits per heavy atom. The zero-order valence-electron chi connectivity index (χ0n) is 11.8. The second-order valence-electron chi connectivity index (χ2n) is 4.98. The highest BCUT2D eigenvalue weighted by Gasteiger charge is 2.12. The maximum absolute atomic E-state index is 12.2. The van der Waals surface area contributed by atoms with Crippen LogP contribution in [-0.4, -0.2) is 22.0 Å². The molecule has 2 rings (SSSR count). The van der Waals surface area contributed by atoms with Crippen LogP contribution in [0.15, 0.2) is 36.8 Å². The zero-order chi connectivity index (χ0) is 14.5. The number of carbonyl (C=O) groups is 1. The van der Waals surface area contributed by atoms with Crippen LogP contribution in [0.1, 0.15) is 35.8 Å². The molecule has 0 saturated carbocycles. The van der Waals surface area contributed by atoms with E-state index in [-0.39, 0.29) is 5.91 Å². The molecule has 5 heteroatoms. The number of hydrogen-bond donors (Lipinski definition) is 2. The van der Waals surface area contributed by atoms with Crippen LogP contribution in [0.3, 0.4) is 0 Å². The molecule has 106 valence electrons. The standard InChI is InChI=1S/C15H20N4O/c1-11(2)12-5-3-4-6-13(12)18-15(20)14-9-19(8-7-16)10-17-14/h3-6,9-11H,7-8,16H2,1-2H3,(H,18,20). The van der Waals surface area contributed by atoms with Crippen molar-refractivity contribution >= 4 is 11.6 Å². The van der Waals surface area contributed by atoms with Gasteiger partial charge in [0.2, 0.25) is 0 Å². The first-order valence-corrected chi connectivity index (χ1v) is 6.74. The van der Waals surface area contributed by atoms with Crippen LogP contribution in [-0.2, 0) is 6.54 Å². The molecule has 5 nitrogen and oxygen atoms in total. The van der Waals surface area contributed by atoms with Gasteiger partial charge in [0.15, 0.2) is 0 Å². The second kappa shape index (κ2) is 6.34. The van der Waals surface area contributed by atoms with Crippen molar-refractivity contribution in [1.82, 2.24) is 9.55 Å². The monoisotopic (exact) mass is 272 g/mol. The molecule has 0 aliphatic carbocycles. The van der Waals surface area contributed by atoms with E-state index in [4.69, 9.17) is 5.73 Å². The highest BCUT2D eigenvalue weighted by Crippen LogP contribution is 2.23. The van der Waals surface area contributed by atoms with Crippen LogP contribution < -0.4 is 11.1 Å². The smallest absolute Gasteiger partial charge is 0.275 e. The summed E-state index contributed by atoms with van der Waals surface area (Å²) in [5.41, 5.74) is 7.82. The average Bonchev–Trinajstić information content (AvgIpc) is 2.88. The van der Waals surface area contributed by atoms with E-state index in [2.05, 4.69) is 24.1 Å². The van der Waals surface area contributed by atoms with E-state index in [0.29, 0.717) is 24.7 Å². The normalized spacial score (nSPS) is 10.8. The van der Waals surface area contributed by atoms with Gasteiger partial charge in [0.05, 0.1) is 6.33 Å². The summed E-state index contributed by atoms with van der Waals surface area (Å²) in [7, 11) is 0. The van der Waals surface area contributed by atoms with Crippen molar-refractivity contribution in [2.45, 2.75) is 26.3 Å². The van der Waals surface area contributed by atoms with Gasteiger partial charge in [-0.1, -0.05) is 32.0 Å². The lowest BCUT2D eigenvalue weighted by molar-refractivity contribution is 0.102. The maximum Gasteiger partial charge on any atom is 0.275 e. The summed E-state index contributed by atoms with van der Waals surface area (Å²) in [6, 6.07) is 7.81. The third-order valence-corrected chi connectivity index (χ3v) is 3.08. The molecular weight excluding hydrogens is 252 g/mol. The number of nitrogens with one attached hydrogen (secondary N) is 1. The Kier molecular flexibility index (Phi) is 4.53. The number of anilines is 1. The van der Waals surface area contributed by atoms with E-state index in [1.165, 1.54) is 0 Å². The van der Waals surface area contributed by atoms with Crippen LogP contribution in [0.4, 0.5) is 5.69 Å². The van der Waals surface area contributed by atoms with E-state index in [0.717, 1.165) is 11.3 Å². The summed E-state index contributed by atoms with van der Waals surface area (Å²) in [5, 5.41) is 2.92. The van der Waals surface area contributed by atoms with Crippen molar-refractivity contribution < 1.29 is 4.79 Å². The molecule has 1 aromatic heterocycles. The Hall–Kier alpha value is -2.14. The van der Waals surface area contributed by atoms with Gasteiger partial charge in [-0.15, -0.1) is 0 Å². The Morgan fingerprint density at radius 1 is 1.40 bits per heavy atom. The number of benzene rings is 1. The SMILES string of the molecule is CC(C)c1ccccc1NC(=O)c1cn(CCN)cn1. The molecule has 0 atom stereocenters. The lowest BCUT2D eigenvalue weighted by atomic mass is 10.0. The van der Waals surface area contributed by atoms with Crippen LogP contribution in [0, 0.1) is 0 Å². The lowest BCUT2D eigenvalue weighted by Gasteiger charge is -2.12. The van der Waals surface area contributed by atoms with Crippen molar-refractivity contribution in [1.29, 1.82) is 0 Å². The van der Waals surface area contributed by atoms with Gasteiger partial charge in [0.25, 0.3) is 5.91 Å². The number of aromatic nitrogens is 2. The predicted octanol–water partition coefficient (Wildman–Crippen LogP) is 2.22. The van der Waals surface area contributed by atoms with Crippen molar-refractivity contribution in [3.63, 3.8) is 0 Å². The number of carbonyl (C=O) groups excluding carboxylic acids is 1. The van der Waals surface area contributed by atoms with Crippen LogP contribution in [0.5, 0.6) is 0 Å². The molecule has 3 N–H and O–H groups in total. The summed E-state index contributed by atoms with van der Waals surface area (Å²) < 4.78 is 1.81. The molecule has 2 aromatic rings. The fraction of sp³-hybridized carbons (Fsp3) is 0.333. The molecule has 0 fully saturated rings. The first-order chi connectivity index (χ1) is 9.61. The zero-order valence-corrected chi connectivity index (χ0v) is 11.8. The fourth-order valence-electron chi connectivity index (χ4n) is 2.05. The van der Waals surface area contributed by atoms with Crippen LogP contribution in [0.25, 0.3) is 0 Å². The van der Waals surface area contributed by atoms with Crippen LogP contribution in [0.2, 0.25) is 0 Å². The topological polar surface area (TPSA) is 72.9 Å². The van der Waals surface area contributed by atoms with Gasteiger partial charge in [0.1, 0.15) is 5.69 Å². The third-order valence-electron chi connectivity index (χ3n) is 3.08.